The Bertz CT molecular complexity index is 364. The minimum Gasteiger partial charge on any atom is -0.211 e. The van der Waals surface area contributed by atoms with E-state index in [1.165, 1.54) is 0 Å². The van der Waals surface area contributed by atoms with Gasteiger partial charge in [-0.3, -0.25) is 0 Å². The van der Waals surface area contributed by atoms with Crippen LogP contribution in [0.4, 0.5) is 0 Å². The number of nitrogens with one attached hydrogen (secondary N) is 1. The van der Waals surface area contributed by atoms with Gasteiger partial charge in [0.25, 0.3) is 0 Å². The highest BCUT2D eigenvalue weighted by molar-refractivity contribution is 7.89. The van der Waals surface area contributed by atoms with Crippen LogP contribution in [0.2, 0.25) is 0 Å². The van der Waals surface area contributed by atoms with Crippen molar-refractivity contribution in [2.45, 2.75) is 11.3 Å². The van der Waals surface area contributed by atoms with Crippen molar-refractivity contribution < 1.29 is 8.42 Å². The van der Waals surface area contributed by atoms with Crippen LogP contribution in [0.5, 0.6) is 0 Å². The van der Waals surface area contributed by atoms with E-state index in [0.717, 1.165) is 0 Å². The maximum Gasteiger partial charge on any atom is 0.240 e. The lowest BCUT2D eigenvalue weighted by atomic mass is 10.4. The monoisotopic (exact) mass is 233 g/mol. The second kappa shape index (κ2) is 5.34. The van der Waals surface area contributed by atoms with Gasteiger partial charge in [-0.15, -0.1) is 11.6 Å². The van der Waals surface area contributed by atoms with Crippen LogP contribution in [0.25, 0.3) is 0 Å². The quantitative estimate of drug-likeness (QED) is 0.620. The maximum atomic E-state index is 11.6. The molecule has 0 saturated carbocycles. The van der Waals surface area contributed by atoms with Crippen molar-refractivity contribution in [1.29, 1.82) is 0 Å². The molecule has 0 aliphatic heterocycles. The number of hydrogen-bond donors (Lipinski definition) is 1. The van der Waals surface area contributed by atoms with E-state index in [1.54, 1.807) is 30.3 Å². The molecule has 1 N–H and O–H groups in total. The van der Waals surface area contributed by atoms with Crippen molar-refractivity contribution in [2.24, 2.45) is 0 Å². The van der Waals surface area contributed by atoms with Crippen LogP contribution in [0.15, 0.2) is 35.2 Å². The first-order valence-corrected chi connectivity index (χ1v) is 6.29. The number of rotatable bonds is 5. The zero-order valence-corrected chi connectivity index (χ0v) is 9.18. The lowest BCUT2D eigenvalue weighted by Crippen LogP contribution is -2.24. The second-order valence-electron chi connectivity index (χ2n) is 2.75. The molecule has 0 saturated heterocycles. The van der Waals surface area contributed by atoms with Gasteiger partial charge in [0.15, 0.2) is 0 Å². The number of benzene rings is 1. The maximum absolute atomic E-state index is 11.6. The third-order valence-corrected chi connectivity index (χ3v) is 3.40. The largest absolute Gasteiger partial charge is 0.240 e. The van der Waals surface area contributed by atoms with E-state index in [9.17, 15) is 8.42 Å². The van der Waals surface area contributed by atoms with Crippen LogP contribution in [0, 0.1) is 0 Å². The lowest BCUT2D eigenvalue weighted by molar-refractivity contribution is 0.581. The average molecular weight is 234 g/mol. The Hall–Kier alpha value is -0.580. The molecule has 14 heavy (non-hydrogen) atoms. The molecule has 0 atom stereocenters. The molecule has 5 heteroatoms. The summed E-state index contributed by atoms with van der Waals surface area (Å²) in [6.45, 7) is 0.376. The molecule has 0 radical (unpaired) electrons. The van der Waals surface area contributed by atoms with Crippen molar-refractivity contribution >= 4 is 21.6 Å². The molecule has 3 nitrogen and oxygen atoms in total. The van der Waals surface area contributed by atoms with Crippen LogP contribution < -0.4 is 4.72 Å². The molecule has 0 heterocycles. The van der Waals surface area contributed by atoms with Crippen LogP contribution in [0.1, 0.15) is 6.42 Å². The molecule has 1 aromatic carbocycles. The van der Waals surface area contributed by atoms with Gasteiger partial charge in [-0.05, 0) is 18.6 Å². The molecule has 78 valence electrons. The summed E-state index contributed by atoms with van der Waals surface area (Å²) in [5, 5.41) is 0. The van der Waals surface area contributed by atoms with Gasteiger partial charge in [0.05, 0.1) is 4.90 Å². The first-order valence-electron chi connectivity index (χ1n) is 4.27. The van der Waals surface area contributed by atoms with E-state index in [1.807, 2.05) is 0 Å². The Labute approximate surface area is 89.1 Å². The molecule has 0 fully saturated rings. The third-order valence-electron chi connectivity index (χ3n) is 1.66. The van der Waals surface area contributed by atoms with Gasteiger partial charge >= 0.3 is 0 Å². The normalized spacial score (nSPS) is 11.5. The fourth-order valence-corrected chi connectivity index (χ4v) is 2.19. The summed E-state index contributed by atoms with van der Waals surface area (Å²) < 4.78 is 25.6. The van der Waals surface area contributed by atoms with Crippen LogP contribution in [0.3, 0.4) is 0 Å². The Balaban J connectivity index is 2.67. The fraction of sp³-hybridized carbons (Fsp3) is 0.333. The Morgan fingerprint density at radius 3 is 2.43 bits per heavy atom. The van der Waals surface area contributed by atoms with Gasteiger partial charge in [-0.1, -0.05) is 18.2 Å². The summed E-state index contributed by atoms with van der Waals surface area (Å²) in [5.41, 5.74) is 0. The van der Waals surface area contributed by atoms with Gasteiger partial charge in [0.2, 0.25) is 10.0 Å². The molecule has 0 aliphatic carbocycles. The summed E-state index contributed by atoms with van der Waals surface area (Å²) >= 11 is 5.44. The van der Waals surface area contributed by atoms with Gasteiger partial charge in [0, 0.05) is 12.4 Å². The van der Waals surface area contributed by atoms with Crippen molar-refractivity contribution in [3.63, 3.8) is 0 Å². The molecule has 0 amide bonds. The van der Waals surface area contributed by atoms with Crippen LogP contribution in [-0.4, -0.2) is 20.8 Å². The summed E-state index contributed by atoms with van der Waals surface area (Å²) in [4.78, 5) is 0.287. The van der Waals surface area contributed by atoms with E-state index >= 15 is 0 Å². The fourth-order valence-electron chi connectivity index (χ4n) is 0.956. The molecule has 1 rings (SSSR count). The first-order chi connectivity index (χ1) is 6.67. The molecular weight excluding hydrogens is 222 g/mol. The Kier molecular flexibility index (Phi) is 4.38. The minimum atomic E-state index is -3.34. The van der Waals surface area contributed by atoms with E-state index in [4.69, 9.17) is 11.6 Å². The molecule has 0 unspecified atom stereocenters. The minimum absolute atomic E-state index is 0.287. The van der Waals surface area contributed by atoms with E-state index in [2.05, 4.69) is 4.72 Å². The Morgan fingerprint density at radius 1 is 1.21 bits per heavy atom. The highest BCUT2D eigenvalue weighted by Crippen LogP contribution is 2.06. The summed E-state index contributed by atoms with van der Waals surface area (Å²) in [7, 11) is -3.34. The molecule has 1 aromatic rings. The zero-order valence-electron chi connectivity index (χ0n) is 7.61. The summed E-state index contributed by atoms with van der Waals surface area (Å²) in [5.74, 6) is 0.456. The number of sulfonamides is 1. The second-order valence-corrected chi connectivity index (χ2v) is 4.90. The standard InChI is InChI=1S/C9H12ClNO2S/c10-7-4-8-11-14(12,13)9-5-2-1-3-6-9/h1-3,5-6,11H,4,7-8H2. The van der Waals surface area contributed by atoms with E-state index in [-0.39, 0.29) is 4.90 Å². The number of halogens is 1. The van der Waals surface area contributed by atoms with Gasteiger partial charge in [0.1, 0.15) is 0 Å². The lowest BCUT2D eigenvalue weighted by Gasteiger charge is -2.04. The molecule has 0 bridgehead atoms. The number of hydrogen-bond acceptors (Lipinski definition) is 2. The smallest absolute Gasteiger partial charge is 0.211 e. The molecule has 0 aromatic heterocycles. The summed E-state index contributed by atoms with van der Waals surface area (Å²) in [6.07, 6.45) is 0.633. The molecule has 0 aliphatic rings. The topological polar surface area (TPSA) is 46.2 Å². The van der Waals surface area contributed by atoms with E-state index in [0.29, 0.717) is 18.8 Å². The highest BCUT2D eigenvalue weighted by Gasteiger charge is 2.11. The van der Waals surface area contributed by atoms with Crippen molar-refractivity contribution in [3.05, 3.63) is 30.3 Å². The number of alkyl halides is 1. The molecule has 0 spiro atoms. The first kappa shape index (κ1) is 11.5. The average Bonchev–Trinajstić information content (AvgIpc) is 2.19. The predicted octanol–water partition coefficient (Wildman–Crippen LogP) is 1.59. The van der Waals surface area contributed by atoms with Gasteiger partial charge in [-0.2, -0.15) is 0 Å². The van der Waals surface area contributed by atoms with Crippen molar-refractivity contribution in [1.82, 2.24) is 4.72 Å². The van der Waals surface area contributed by atoms with Gasteiger partial charge < -0.3 is 0 Å². The summed E-state index contributed by atoms with van der Waals surface area (Å²) in [6, 6.07) is 8.27. The Morgan fingerprint density at radius 2 is 1.86 bits per heavy atom. The zero-order chi connectivity index (χ0) is 10.4. The van der Waals surface area contributed by atoms with Crippen LogP contribution >= 0.6 is 11.6 Å². The van der Waals surface area contributed by atoms with Crippen molar-refractivity contribution in [3.8, 4) is 0 Å². The van der Waals surface area contributed by atoms with Gasteiger partial charge in [-0.25, -0.2) is 13.1 Å². The predicted molar refractivity (Wildman–Crippen MR) is 57.0 cm³/mol. The van der Waals surface area contributed by atoms with E-state index < -0.39 is 10.0 Å². The SMILES string of the molecule is O=S(=O)(NCCCCl)c1ccccc1. The molecular formula is C9H12ClNO2S. The van der Waals surface area contributed by atoms with Crippen molar-refractivity contribution in [2.75, 3.05) is 12.4 Å². The third kappa shape index (κ3) is 3.29. The highest BCUT2D eigenvalue weighted by atomic mass is 35.5. The van der Waals surface area contributed by atoms with Crippen LogP contribution in [-0.2, 0) is 10.0 Å².